The van der Waals surface area contributed by atoms with Gasteiger partial charge in [-0.15, -0.1) is 0 Å². The maximum Gasteiger partial charge on any atom is 0.247 e. The number of anilines is 1. The molecule has 0 aliphatic rings. The minimum atomic E-state index is -0.624. The minimum Gasteiger partial charge on any atom is -0.344 e. The summed E-state index contributed by atoms with van der Waals surface area (Å²) in [7, 11) is 0. The van der Waals surface area contributed by atoms with Gasteiger partial charge in [0, 0.05) is 6.42 Å². The van der Waals surface area contributed by atoms with Crippen LogP contribution < -0.4 is 10.6 Å². The molecule has 0 spiro atoms. The first-order valence-corrected chi connectivity index (χ1v) is 8.02. The van der Waals surface area contributed by atoms with Crippen molar-refractivity contribution in [1.82, 2.24) is 5.32 Å². The number of carbonyl (C=O) groups excluding carboxylic acids is 2. The fraction of sp³-hybridized carbons (Fsp3) is 0.500. The Morgan fingerprint density at radius 3 is 2.32 bits per heavy atom. The van der Waals surface area contributed by atoms with Gasteiger partial charge in [-0.05, 0) is 24.0 Å². The lowest BCUT2D eigenvalue weighted by molar-refractivity contribution is -0.127. The molecule has 0 saturated heterocycles. The highest BCUT2D eigenvalue weighted by atomic mass is 35.5. The average molecular weight is 345 g/mol. The maximum absolute atomic E-state index is 12.4. The zero-order valence-electron chi connectivity index (χ0n) is 13.2. The Morgan fingerprint density at radius 2 is 1.77 bits per heavy atom. The highest BCUT2D eigenvalue weighted by molar-refractivity contribution is 6.44. The second-order valence-electron chi connectivity index (χ2n) is 5.98. The summed E-state index contributed by atoms with van der Waals surface area (Å²) in [5.41, 5.74) is 0.433. The molecule has 122 valence electrons. The number of hydrogen-bond donors (Lipinski definition) is 2. The summed E-state index contributed by atoms with van der Waals surface area (Å²) in [6, 6.07) is 4.39. The molecule has 2 N–H and O–H groups in total. The fourth-order valence-corrected chi connectivity index (χ4v) is 2.30. The van der Waals surface area contributed by atoms with E-state index in [-0.39, 0.29) is 28.7 Å². The van der Waals surface area contributed by atoms with Crippen LogP contribution in [0.2, 0.25) is 10.0 Å². The van der Waals surface area contributed by atoms with Crippen molar-refractivity contribution in [2.24, 2.45) is 11.8 Å². The maximum atomic E-state index is 12.4. The quantitative estimate of drug-likeness (QED) is 0.815. The molecule has 0 bridgehead atoms. The van der Waals surface area contributed by atoms with Gasteiger partial charge in [0.25, 0.3) is 0 Å². The van der Waals surface area contributed by atoms with E-state index in [2.05, 4.69) is 10.6 Å². The molecular formula is C16H22Cl2N2O2. The highest BCUT2D eigenvalue weighted by Crippen LogP contribution is 2.29. The van der Waals surface area contributed by atoms with Crippen LogP contribution in [0.5, 0.6) is 0 Å². The van der Waals surface area contributed by atoms with Crippen molar-refractivity contribution in [1.29, 1.82) is 0 Å². The Hall–Kier alpha value is -1.26. The summed E-state index contributed by atoms with van der Waals surface area (Å²) in [4.78, 5) is 24.3. The van der Waals surface area contributed by atoms with Crippen molar-refractivity contribution in [2.75, 3.05) is 5.32 Å². The van der Waals surface area contributed by atoms with E-state index in [0.29, 0.717) is 17.1 Å². The molecule has 0 saturated carbocycles. The van der Waals surface area contributed by atoms with E-state index in [0.717, 1.165) is 0 Å². The predicted molar refractivity (Wildman–Crippen MR) is 91.3 cm³/mol. The predicted octanol–water partition coefficient (Wildman–Crippen LogP) is 4.12. The summed E-state index contributed by atoms with van der Waals surface area (Å²) in [6.45, 7) is 7.66. The van der Waals surface area contributed by atoms with E-state index >= 15 is 0 Å². The third kappa shape index (κ3) is 5.50. The number of amides is 2. The summed E-state index contributed by atoms with van der Waals surface area (Å²) >= 11 is 12.0. The number of halogens is 2. The smallest absolute Gasteiger partial charge is 0.247 e. The van der Waals surface area contributed by atoms with Crippen LogP contribution in [0, 0.1) is 11.8 Å². The number of nitrogens with one attached hydrogen (secondary N) is 2. The van der Waals surface area contributed by atoms with Gasteiger partial charge in [0.05, 0.1) is 15.7 Å². The van der Waals surface area contributed by atoms with Crippen LogP contribution in [0.15, 0.2) is 18.2 Å². The van der Waals surface area contributed by atoms with E-state index < -0.39 is 6.04 Å². The number of benzene rings is 1. The van der Waals surface area contributed by atoms with Crippen molar-refractivity contribution in [3.63, 3.8) is 0 Å². The Bertz CT molecular complexity index is 545. The molecule has 1 atom stereocenters. The Kier molecular flexibility index (Phi) is 7.17. The third-order valence-corrected chi connectivity index (χ3v) is 3.89. The van der Waals surface area contributed by atoms with E-state index in [9.17, 15) is 9.59 Å². The van der Waals surface area contributed by atoms with E-state index in [1.54, 1.807) is 18.2 Å². The zero-order valence-corrected chi connectivity index (χ0v) is 14.8. The molecule has 2 amide bonds. The molecule has 0 aliphatic heterocycles. The first-order valence-electron chi connectivity index (χ1n) is 7.26. The zero-order chi connectivity index (χ0) is 16.9. The molecule has 0 heterocycles. The van der Waals surface area contributed by atoms with Crippen LogP contribution in [0.4, 0.5) is 5.69 Å². The summed E-state index contributed by atoms with van der Waals surface area (Å²) in [5, 5.41) is 6.15. The monoisotopic (exact) mass is 344 g/mol. The van der Waals surface area contributed by atoms with E-state index in [4.69, 9.17) is 23.2 Å². The van der Waals surface area contributed by atoms with Crippen LogP contribution in [0.25, 0.3) is 0 Å². The van der Waals surface area contributed by atoms with Gasteiger partial charge in [-0.25, -0.2) is 0 Å². The van der Waals surface area contributed by atoms with E-state index in [1.165, 1.54) is 0 Å². The van der Waals surface area contributed by atoms with Crippen LogP contribution in [0.3, 0.4) is 0 Å². The van der Waals surface area contributed by atoms with Crippen molar-refractivity contribution in [3.8, 4) is 0 Å². The molecule has 0 fully saturated rings. The normalized spacial score (nSPS) is 12.4. The van der Waals surface area contributed by atoms with E-state index in [1.807, 2.05) is 27.7 Å². The molecule has 0 aromatic heterocycles. The number of carbonyl (C=O) groups is 2. The number of hydrogen-bond acceptors (Lipinski definition) is 2. The van der Waals surface area contributed by atoms with Crippen LogP contribution >= 0.6 is 23.2 Å². The Morgan fingerprint density at radius 1 is 1.14 bits per heavy atom. The Labute approximate surface area is 141 Å². The van der Waals surface area contributed by atoms with Crippen molar-refractivity contribution in [2.45, 2.75) is 40.2 Å². The first-order chi connectivity index (χ1) is 10.2. The second kappa shape index (κ2) is 8.39. The lowest BCUT2D eigenvalue weighted by Crippen LogP contribution is -2.47. The molecule has 1 aromatic carbocycles. The van der Waals surface area contributed by atoms with Gasteiger partial charge in [0.2, 0.25) is 11.8 Å². The van der Waals surface area contributed by atoms with Gasteiger partial charge in [0.1, 0.15) is 6.04 Å². The van der Waals surface area contributed by atoms with Gasteiger partial charge in [-0.1, -0.05) is 57.0 Å². The summed E-state index contributed by atoms with van der Waals surface area (Å²) in [5.74, 6) is -0.260. The lowest BCUT2D eigenvalue weighted by Gasteiger charge is -2.22. The molecule has 4 nitrogen and oxygen atoms in total. The second-order valence-corrected chi connectivity index (χ2v) is 6.76. The molecule has 0 radical (unpaired) electrons. The molecule has 22 heavy (non-hydrogen) atoms. The van der Waals surface area contributed by atoms with Gasteiger partial charge >= 0.3 is 0 Å². The Balaban J connectivity index is 2.81. The van der Waals surface area contributed by atoms with Crippen LogP contribution in [0.1, 0.15) is 34.1 Å². The topological polar surface area (TPSA) is 58.2 Å². The molecule has 0 aliphatic carbocycles. The van der Waals surface area contributed by atoms with Gasteiger partial charge < -0.3 is 10.6 Å². The van der Waals surface area contributed by atoms with Gasteiger partial charge in [0.15, 0.2) is 0 Å². The van der Waals surface area contributed by atoms with Crippen molar-refractivity contribution in [3.05, 3.63) is 28.2 Å². The molecule has 6 heteroatoms. The summed E-state index contributed by atoms with van der Waals surface area (Å²) < 4.78 is 0. The minimum absolute atomic E-state index is 0.0472. The van der Waals surface area contributed by atoms with Crippen molar-refractivity contribution >= 4 is 40.7 Å². The van der Waals surface area contributed by atoms with Gasteiger partial charge in [-0.3, -0.25) is 9.59 Å². The molecule has 1 aromatic rings. The van der Waals surface area contributed by atoms with Crippen molar-refractivity contribution < 1.29 is 9.59 Å². The third-order valence-electron chi connectivity index (χ3n) is 3.07. The SMILES string of the molecule is CC(C)CC(=O)NC(C(=O)Nc1cccc(Cl)c1Cl)C(C)C. The number of rotatable bonds is 6. The standard InChI is InChI=1S/C16H22Cl2N2O2/c1-9(2)8-13(21)20-15(10(3)4)16(22)19-12-7-5-6-11(17)14(12)18/h5-7,9-10,15H,8H2,1-4H3,(H,19,22)(H,20,21). The molecular weight excluding hydrogens is 323 g/mol. The lowest BCUT2D eigenvalue weighted by atomic mass is 10.0. The van der Waals surface area contributed by atoms with Gasteiger partial charge in [-0.2, -0.15) is 0 Å². The first kappa shape index (κ1) is 18.8. The highest BCUT2D eigenvalue weighted by Gasteiger charge is 2.25. The average Bonchev–Trinajstić information content (AvgIpc) is 2.40. The van der Waals surface area contributed by atoms with Crippen LogP contribution in [-0.2, 0) is 9.59 Å². The molecule has 1 rings (SSSR count). The fourth-order valence-electron chi connectivity index (χ4n) is 1.95. The van der Waals surface area contributed by atoms with Crippen LogP contribution in [-0.4, -0.2) is 17.9 Å². The largest absolute Gasteiger partial charge is 0.344 e. The molecule has 1 unspecified atom stereocenters. The summed E-state index contributed by atoms with van der Waals surface area (Å²) in [6.07, 6.45) is 0.383.